The van der Waals surface area contributed by atoms with E-state index >= 15 is 0 Å². The smallest absolute Gasteiger partial charge is 0.287 e. The van der Waals surface area contributed by atoms with Crippen molar-refractivity contribution in [3.8, 4) is 0 Å². The van der Waals surface area contributed by atoms with E-state index in [0.717, 1.165) is 0 Å². The molecule has 0 amide bonds. The van der Waals surface area contributed by atoms with E-state index in [1.54, 1.807) is 0 Å². The van der Waals surface area contributed by atoms with Crippen LogP contribution < -0.4 is 0 Å². The number of halogens is 1. The third-order valence-corrected chi connectivity index (χ3v) is 1.08. The van der Waals surface area contributed by atoms with Gasteiger partial charge in [-0.1, -0.05) is 0 Å². The van der Waals surface area contributed by atoms with Crippen molar-refractivity contribution in [2.45, 2.75) is 0 Å². The predicted octanol–water partition coefficient (Wildman–Crippen LogP) is 1.47. The highest BCUT2D eigenvalue weighted by Gasteiger charge is 1.91. The van der Waals surface area contributed by atoms with Gasteiger partial charge in [-0.15, -0.1) is 0 Å². The van der Waals surface area contributed by atoms with Crippen molar-refractivity contribution in [2.24, 2.45) is 0 Å². The van der Waals surface area contributed by atoms with Crippen LogP contribution in [-0.2, 0) is 0 Å². The zero-order valence-electron chi connectivity index (χ0n) is 5.16. The molecule has 0 saturated heterocycles. The molecule has 0 aliphatic carbocycles. The summed E-state index contributed by atoms with van der Waals surface area (Å²) in [4.78, 5) is 2.79. The third kappa shape index (κ3) is 1.50. The number of rotatable bonds is 1. The zero-order chi connectivity index (χ0) is 7.40. The Morgan fingerprint density at radius 3 is 2.40 bits per heavy atom. The molecule has 1 aromatic rings. The van der Waals surface area contributed by atoms with Gasteiger partial charge in [-0.25, -0.2) is 4.39 Å². The lowest BCUT2D eigenvalue weighted by molar-refractivity contribution is 0.00456. The fraction of sp³-hybridized carbons (Fsp3) is 0. The summed E-state index contributed by atoms with van der Waals surface area (Å²) < 4.78 is 12.2. The minimum atomic E-state index is -0.296. The quantitative estimate of drug-likeness (QED) is 0.318. The summed E-state index contributed by atoms with van der Waals surface area (Å²) in [5, 5.41) is 0. The van der Waals surface area contributed by atoms with Gasteiger partial charge in [0.15, 0.2) is 0 Å². The van der Waals surface area contributed by atoms with E-state index in [9.17, 15) is 4.39 Å². The molecule has 0 unspecified atom stereocenters. The molecule has 0 atom stereocenters. The molecule has 0 aliphatic heterocycles. The molecule has 1 aromatic carbocycles. The highest BCUT2D eigenvalue weighted by Crippen LogP contribution is 1.98. The minimum absolute atomic E-state index is 0.296. The highest BCUT2D eigenvalue weighted by atomic mass is 19.1. The zero-order valence-corrected chi connectivity index (χ0v) is 5.16. The van der Waals surface area contributed by atoms with Crippen molar-refractivity contribution in [2.75, 3.05) is 0 Å². The average Bonchev–Trinajstić information content (AvgIpc) is 1.95. The van der Waals surface area contributed by atoms with Crippen LogP contribution in [-0.4, -0.2) is 11.0 Å². The minimum Gasteiger partial charge on any atom is -0.361 e. The van der Waals surface area contributed by atoms with Gasteiger partial charge >= 0.3 is 0 Å². The topological polar surface area (TPSA) is 36.4 Å². The Bertz CT molecular complexity index is 259. The molecule has 1 rings (SSSR count). The lowest BCUT2D eigenvalue weighted by Gasteiger charge is -1.84. The molecule has 0 aromatic heterocycles. The van der Waals surface area contributed by atoms with Crippen molar-refractivity contribution < 1.29 is 9.18 Å². The second kappa shape index (κ2) is 2.90. The molecule has 0 spiro atoms. The number of benzene rings is 1. The molecule has 0 bridgehead atoms. The molecule has 0 radical (unpaired) electrons. The van der Waals surface area contributed by atoms with Crippen LogP contribution in [0.15, 0.2) is 24.3 Å². The number of hydrogen-bond acceptors (Lipinski definition) is 0. The van der Waals surface area contributed by atoms with Gasteiger partial charge in [-0.2, -0.15) is 4.79 Å². The van der Waals surface area contributed by atoms with E-state index in [0.29, 0.717) is 5.56 Å². The van der Waals surface area contributed by atoms with Crippen LogP contribution in [0.1, 0.15) is 5.56 Å². The van der Waals surface area contributed by atoms with Crippen LogP contribution >= 0.6 is 0 Å². The average molecular weight is 136 g/mol. The Morgan fingerprint density at radius 1 is 1.30 bits per heavy atom. The lowest BCUT2D eigenvalue weighted by Crippen LogP contribution is -1.80. The Hall–Kier alpha value is -1.47. The summed E-state index contributed by atoms with van der Waals surface area (Å²) in [6.07, 6.45) is 1.24. The fourth-order valence-electron chi connectivity index (χ4n) is 0.616. The van der Waals surface area contributed by atoms with Gasteiger partial charge in [0.05, 0.1) is 5.56 Å². The van der Waals surface area contributed by atoms with Crippen molar-refractivity contribution in [3.63, 3.8) is 0 Å². The molecule has 0 saturated carbocycles. The Labute approximate surface area is 57.5 Å². The van der Waals surface area contributed by atoms with Gasteiger partial charge in [0, 0.05) is 0 Å². The largest absolute Gasteiger partial charge is 0.361 e. The van der Waals surface area contributed by atoms with Gasteiger partial charge in [0.25, 0.3) is 6.21 Å². The maximum Gasteiger partial charge on any atom is 0.287 e. The van der Waals surface area contributed by atoms with Crippen molar-refractivity contribution in [1.82, 2.24) is 0 Å². The molecule has 0 aliphatic rings. The molecule has 10 heavy (non-hydrogen) atoms. The predicted molar refractivity (Wildman–Crippen MR) is 35.2 cm³/mol. The maximum atomic E-state index is 12.2. The van der Waals surface area contributed by atoms with Crippen LogP contribution in [0.25, 0.3) is 5.53 Å². The molecule has 0 fully saturated rings. The van der Waals surface area contributed by atoms with E-state index in [1.165, 1.54) is 30.5 Å². The second-order valence-electron chi connectivity index (χ2n) is 1.80. The fourth-order valence-corrected chi connectivity index (χ4v) is 0.616. The molecule has 50 valence electrons. The Kier molecular flexibility index (Phi) is 1.92. The Balaban J connectivity index is 3.00. The van der Waals surface area contributed by atoms with Crippen molar-refractivity contribution in [3.05, 3.63) is 41.2 Å². The molecule has 0 heterocycles. The van der Waals surface area contributed by atoms with Crippen LogP contribution in [0.3, 0.4) is 0 Å². The number of hydrogen-bond donors (Lipinski definition) is 0. The molecule has 2 nitrogen and oxygen atoms in total. The van der Waals surface area contributed by atoms with Gasteiger partial charge < -0.3 is 5.53 Å². The Morgan fingerprint density at radius 2 is 1.90 bits per heavy atom. The van der Waals surface area contributed by atoms with Crippen LogP contribution in [0, 0.1) is 5.82 Å². The SMILES string of the molecule is [N-]=[N+]=Cc1ccc(F)cc1. The first-order chi connectivity index (χ1) is 4.83. The summed E-state index contributed by atoms with van der Waals surface area (Å²) in [5.41, 5.74) is 8.73. The monoisotopic (exact) mass is 136 g/mol. The standard InChI is InChI=1S/C7H5FN2/c8-7-3-1-6(2-4-7)5-10-9/h1-5H. The first-order valence-electron chi connectivity index (χ1n) is 2.76. The molecule has 3 heteroatoms. The normalized spacial score (nSPS) is 8.50. The summed E-state index contributed by atoms with van der Waals surface area (Å²) >= 11 is 0. The molecular weight excluding hydrogens is 131 g/mol. The van der Waals surface area contributed by atoms with Crippen LogP contribution in [0.4, 0.5) is 4.39 Å². The van der Waals surface area contributed by atoms with Crippen LogP contribution in [0.2, 0.25) is 0 Å². The van der Waals surface area contributed by atoms with Crippen molar-refractivity contribution in [1.29, 1.82) is 0 Å². The maximum absolute atomic E-state index is 12.2. The second-order valence-corrected chi connectivity index (χ2v) is 1.80. The van der Waals surface area contributed by atoms with E-state index in [-0.39, 0.29) is 5.82 Å². The van der Waals surface area contributed by atoms with Crippen LogP contribution in [0.5, 0.6) is 0 Å². The van der Waals surface area contributed by atoms with E-state index in [4.69, 9.17) is 5.53 Å². The van der Waals surface area contributed by atoms with E-state index < -0.39 is 0 Å². The van der Waals surface area contributed by atoms with Gasteiger partial charge in [0.1, 0.15) is 5.82 Å². The first-order valence-corrected chi connectivity index (χ1v) is 2.76. The van der Waals surface area contributed by atoms with E-state index in [1.807, 2.05) is 0 Å². The summed E-state index contributed by atoms with van der Waals surface area (Å²) in [7, 11) is 0. The molecule has 0 N–H and O–H groups in total. The highest BCUT2D eigenvalue weighted by molar-refractivity contribution is 5.74. The van der Waals surface area contributed by atoms with E-state index in [2.05, 4.69) is 4.79 Å². The van der Waals surface area contributed by atoms with Gasteiger partial charge in [0.2, 0.25) is 0 Å². The first kappa shape index (κ1) is 6.65. The van der Waals surface area contributed by atoms with Gasteiger partial charge in [-0.05, 0) is 24.3 Å². The van der Waals surface area contributed by atoms with Gasteiger partial charge in [-0.3, -0.25) is 0 Å². The number of nitrogens with zero attached hydrogens (tertiary/aromatic N) is 2. The summed E-state index contributed by atoms with van der Waals surface area (Å²) in [6.45, 7) is 0. The summed E-state index contributed by atoms with van der Waals surface area (Å²) in [5.74, 6) is -0.296. The molecular formula is C7H5FN2. The summed E-state index contributed by atoms with van der Waals surface area (Å²) in [6, 6.07) is 5.65. The third-order valence-electron chi connectivity index (χ3n) is 1.08. The van der Waals surface area contributed by atoms with Crippen molar-refractivity contribution >= 4 is 6.21 Å². The lowest BCUT2D eigenvalue weighted by atomic mass is 10.2.